The van der Waals surface area contributed by atoms with Gasteiger partial charge in [0.15, 0.2) is 0 Å². The van der Waals surface area contributed by atoms with Crippen LogP contribution in [0.25, 0.3) is 61.0 Å². The van der Waals surface area contributed by atoms with Crippen molar-refractivity contribution < 1.29 is 4.74 Å². The number of ether oxygens (including phenoxy) is 1. The van der Waals surface area contributed by atoms with E-state index in [0.717, 1.165) is 28.3 Å². The van der Waals surface area contributed by atoms with E-state index in [4.69, 9.17) is 4.74 Å². The van der Waals surface area contributed by atoms with Gasteiger partial charge in [0.2, 0.25) is 0 Å². The smallest absolute Gasteiger partial charge is 0.135 e. The zero-order valence-electron chi connectivity index (χ0n) is 23.9. The molecule has 3 nitrogen and oxygen atoms in total. The highest BCUT2D eigenvalue weighted by atomic mass is 16.5. The highest BCUT2D eigenvalue weighted by molar-refractivity contribution is 6.10. The SMILES string of the molecule is C1=CC2NC(c3ccc(-c4ccc(-c5ccc6c7c(cccc57)-c5ccc(-c7ccccc7)cc5O6)cc4)cc3)=CN2C=C1. The minimum absolute atomic E-state index is 0.200. The van der Waals surface area contributed by atoms with Crippen molar-refractivity contribution in [1.29, 1.82) is 0 Å². The number of nitrogens with one attached hydrogen (secondary N) is 1. The molecule has 1 N–H and O–H groups in total. The highest BCUT2D eigenvalue weighted by Crippen LogP contribution is 2.49. The van der Waals surface area contributed by atoms with Crippen LogP contribution in [0.2, 0.25) is 0 Å². The van der Waals surface area contributed by atoms with Crippen molar-refractivity contribution in [2.45, 2.75) is 6.17 Å². The lowest BCUT2D eigenvalue weighted by atomic mass is 9.89. The molecule has 1 atom stereocenters. The first-order valence-corrected chi connectivity index (χ1v) is 15.0. The fourth-order valence-corrected chi connectivity index (χ4v) is 6.64. The standard InChI is InChI=1S/C41H28N2O/c1-2-7-27(8-3-1)32-20-21-34-36-10-6-9-35-33(22-23-38(41(35)36)44-39(34)25-32)30-16-12-28(13-17-30)29-14-18-31(19-15-29)37-26-43-24-5-4-11-40(43)42-37/h1-26,40,42H. The van der Waals surface area contributed by atoms with E-state index in [1.165, 1.54) is 49.7 Å². The maximum atomic E-state index is 6.54. The number of hydrogen-bond donors (Lipinski definition) is 1. The van der Waals surface area contributed by atoms with E-state index in [9.17, 15) is 0 Å². The van der Waals surface area contributed by atoms with E-state index in [1.54, 1.807) is 0 Å². The van der Waals surface area contributed by atoms with E-state index in [1.807, 2.05) is 6.07 Å². The fourth-order valence-electron chi connectivity index (χ4n) is 6.64. The van der Waals surface area contributed by atoms with Crippen LogP contribution in [0.1, 0.15) is 5.56 Å². The van der Waals surface area contributed by atoms with Crippen LogP contribution in [0.15, 0.2) is 158 Å². The Kier molecular flexibility index (Phi) is 5.57. The van der Waals surface area contributed by atoms with Crippen molar-refractivity contribution in [3.63, 3.8) is 0 Å². The third-order valence-corrected chi connectivity index (χ3v) is 8.89. The zero-order chi connectivity index (χ0) is 29.0. The lowest BCUT2D eigenvalue weighted by molar-refractivity contribution is 0.427. The van der Waals surface area contributed by atoms with Gasteiger partial charge in [-0.25, -0.2) is 0 Å². The molecule has 0 aliphatic carbocycles. The fraction of sp³-hybridized carbons (Fsp3) is 0.0244. The molecule has 3 aliphatic heterocycles. The molecule has 0 spiro atoms. The molecule has 0 fully saturated rings. The Balaban J connectivity index is 1.02. The first-order valence-electron chi connectivity index (χ1n) is 15.0. The first-order chi connectivity index (χ1) is 21.8. The van der Waals surface area contributed by atoms with Gasteiger partial charge < -0.3 is 15.0 Å². The number of allylic oxidation sites excluding steroid dienone is 2. The maximum Gasteiger partial charge on any atom is 0.135 e. The van der Waals surface area contributed by atoms with Crippen molar-refractivity contribution in [3.8, 4) is 56.0 Å². The molecule has 6 aromatic carbocycles. The third-order valence-electron chi connectivity index (χ3n) is 8.89. The van der Waals surface area contributed by atoms with E-state index in [-0.39, 0.29) is 6.17 Å². The van der Waals surface area contributed by atoms with Gasteiger partial charge in [-0.05, 0) is 80.2 Å². The Morgan fingerprint density at radius 1 is 0.523 bits per heavy atom. The lowest BCUT2D eigenvalue weighted by Crippen LogP contribution is -2.31. The van der Waals surface area contributed by atoms with Crippen LogP contribution in [-0.4, -0.2) is 11.1 Å². The summed E-state index contributed by atoms with van der Waals surface area (Å²) in [5.74, 6) is 1.81. The van der Waals surface area contributed by atoms with E-state index in [0.29, 0.717) is 0 Å². The molecule has 1 unspecified atom stereocenters. The molecule has 6 aromatic rings. The predicted molar refractivity (Wildman–Crippen MR) is 181 cm³/mol. The van der Waals surface area contributed by atoms with Gasteiger partial charge in [-0.3, -0.25) is 0 Å². The van der Waals surface area contributed by atoms with E-state index < -0.39 is 0 Å². The van der Waals surface area contributed by atoms with Crippen molar-refractivity contribution in [2.75, 3.05) is 0 Å². The molecule has 0 amide bonds. The summed E-state index contributed by atoms with van der Waals surface area (Å²) in [6.07, 6.45) is 10.8. The van der Waals surface area contributed by atoms with Gasteiger partial charge in [0, 0.05) is 23.3 Å². The Morgan fingerprint density at radius 3 is 2.02 bits per heavy atom. The summed E-state index contributed by atoms with van der Waals surface area (Å²) in [7, 11) is 0. The van der Waals surface area contributed by atoms with Gasteiger partial charge in [-0.1, -0.05) is 115 Å². The summed E-state index contributed by atoms with van der Waals surface area (Å²) < 4.78 is 6.54. The molecule has 208 valence electrons. The van der Waals surface area contributed by atoms with Crippen LogP contribution in [0.3, 0.4) is 0 Å². The second kappa shape index (κ2) is 9.89. The third kappa shape index (κ3) is 4.05. The van der Waals surface area contributed by atoms with E-state index in [2.05, 4.69) is 162 Å². The molecular weight excluding hydrogens is 536 g/mol. The van der Waals surface area contributed by atoms with Crippen LogP contribution < -0.4 is 10.1 Å². The summed E-state index contributed by atoms with van der Waals surface area (Å²) in [5.41, 5.74) is 11.8. The molecule has 44 heavy (non-hydrogen) atoms. The van der Waals surface area contributed by atoms with Gasteiger partial charge in [0.05, 0.1) is 5.70 Å². The van der Waals surface area contributed by atoms with E-state index >= 15 is 0 Å². The summed E-state index contributed by atoms with van der Waals surface area (Å²) >= 11 is 0. The average Bonchev–Trinajstić information content (AvgIpc) is 3.54. The molecule has 0 saturated carbocycles. The number of benzene rings is 6. The Hall–Kier alpha value is -5.80. The van der Waals surface area contributed by atoms with Crippen LogP contribution in [0, 0.1) is 0 Å². The number of nitrogens with zero attached hydrogens (tertiary/aromatic N) is 1. The molecule has 0 aromatic heterocycles. The molecule has 3 heteroatoms. The molecule has 9 rings (SSSR count). The number of hydrogen-bond acceptors (Lipinski definition) is 3. The van der Waals surface area contributed by atoms with Crippen molar-refractivity contribution in [3.05, 3.63) is 164 Å². The number of rotatable bonds is 4. The van der Waals surface area contributed by atoms with Crippen molar-refractivity contribution in [1.82, 2.24) is 10.2 Å². The number of fused-ring (bicyclic) bond motifs is 3. The lowest BCUT2D eigenvalue weighted by Gasteiger charge is -2.23. The van der Waals surface area contributed by atoms with Gasteiger partial charge in [0.25, 0.3) is 0 Å². The quantitative estimate of drug-likeness (QED) is 0.230. The largest absolute Gasteiger partial charge is 0.456 e. The maximum absolute atomic E-state index is 6.54. The van der Waals surface area contributed by atoms with Crippen molar-refractivity contribution in [2.24, 2.45) is 0 Å². The van der Waals surface area contributed by atoms with Crippen LogP contribution in [-0.2, 0) is 0 Å². The van der Waals surface area contributed by atoms with Gasteiger partial charge in [-0.15, -0.1) is 0 Å². The van der Waals surface area contributed by atoms with Gasteiger partial charge in [-0.2, -0.15) is 0 Å². The Morgan fingerprint density at radius 2 is 1.23 bits per heavy atom. The molecule has 0 saturated heterocycles. The Bertz CT molecular complexity index is 2160. The monoisotopic (exact) mass is 564 g/mol. The van der Waals surface area contributed by atoms with Crippen LogP contribution in [0.5, 0.6) is 11.5 Å². The van der Waals surface area contributed by atoms with Gasteiger partial charge in [0.1, 0.15) is 17.7 Å². The molecule has 0 bridgehead atoms. The van der Waals surface area contributed by atoms with Crippen LogP contribution in [0.4, 0.5) is 0 Å². The predicted octanol–water partition coefficient (Wildman–Crippen LogP) is 10.2. The minimum Gasteiger partial charge on any atom is -0.456 e. The molecule has 3 heterocycles. The van der Waals surface area contributed by atoms with Gasteiger partial charge >= 0.3 is 0 Å². The molecule has 0 radical (unpaired) electrons. The summed E-state index contributed by atoms with van der Waals surface area (Å²) in [5, 5.41) is 5.95. The average molecular weight is 565 g/mol. The molecular formula is C41H28N2O. The zero-order valence-corrected chi connectivity index (χ0v) is 23.9. The Labute approximate surface area is 256 Å². The first kappa shape index (κ1) is 24.8. The second-order valence-electron chi connectivity index (χ2n) is 11.5. The summed E-state index contributed by atoms with van der Waals surface area (Å²) in [6.45, 7) is 0. The molecule has 3 aliphatic rings. The van der Waals surface area contributed by atoms with Crippen molar-refractivity contribution >= 4 is 16.5 Å². The summed E-state index contributed by atoms with van der Waals surface area (Å²) in [6, 6.07) is 45.6. The van der Waals surface area contributed by atoms with Crippen LogP contribution >= 0.6 is 0 Å². The normalized spacial score (nSPS) is 15.8. The second-order valence-corrected chi connectivity index (χ2v) is 11.5. The highest BCUT2D eigenvalue weighted by Gasteiger charge is 2.23. The topological polar surface area (TPSA) is 24.5 Å². The summed E-state index contributed by atoms with van der Waals surface area (Å²) in [4.78, 5) is 2.19. The minimum atomic E-state index is 0.200.